The number of carbonyl (C=O) groups is 2. The highest BCUT2D eigenvalue weighted by Crippen LogP contribution is 2.46. The summed E-state index contributed by atoms with van der Waals surface area (Å²) in [6.07, 6.45) is 1.41. The lowest BCUT2D eigenvalue weighted by Crippen LogP contribution is -2.34. The minimum Gasteiger partial charge on any atom is -0.493 e. The number of benzene rings is 1. The second-order valence-corrected chi connectivity index (χ2v) is 5.29. The maximum atomic E-state index is 11.8. The van der Waals surface area contributed by atoms with E-state index in [9.17, 15) is 9.59 Å². The lowest BCUT2D eigenvalue weighted by molar-refractivity contribution is -0.141. The Morgan fingerprint density at radius 1 is 1.20 bits per heavy atom. The van der Waals surface area contributed by atoms with Gasteiger partial charge < -0.3 is 10.5 Å². The van der Waals surface area contributed by atoms with Crippen molar-refractivity contribution in [1.29, 1.82) is 0 Å². The van der Waals surface area contributed by atoms with Crippen LogP contribution in [0.25, 0.3) is 0 Å². The van der Waals surface area contributed by atoms with E-state index < -0.39 is 0 Å². The first kappa shape index (κ1) is 13.1. The number of nitrogens with two attached hydrogens (primary N) is 1. The number of para-hydroxylation sites is 1. The number of ether oxygens (including phenoxy) is 1. The molecule has 0 spiro atoms. The van der Waals surface area contributed by atoms with E-state index in [0.717, 1.165) is 17.7 Å². The number of piperidine rings is 1. The van der Waals surface area contributed by atoms with Crippen molar-refractivity contribution in [2.24, 2.45) is 17.6 Å². The van der Waals surface area contributed by atoms with Crippen LogP contribution in [0.15, 0.2) is 24.3 Å². The molecule has 1 aliphatic heterocycles. The molecule has 0 bridgehead atoms. The number of carbonyl (C=O) groups excluding carboxylic acids is 2. The van der Waals surface area contributed by atoms with Crippen molar-refractivity contribution in [2.75, 3.05) is 13.2 Å². The maximum absolute atomic E-state index is 11.8. The van der Waals surface area contributed by atoms with E-state index in [0.29, 0.717) is 26.1 Å². The SMILES string of the molecule is NCc1ccccc1OCCCN1C(=O)C2CC2C1=O. The van der Waals surface area contributed by atoms with Gasteiger partial charge in [0.1, 0.15) is 5.75 Å². The van der Waals surface area contributed by atoms with E-state index in [2.05, 4.69) is 0 Å². The van der Waals surface area contributed by atoms with Gasteiger partial charge in [-0.25, -0.2) is 0 Å². The van der Waals surface area contributed by atoms with Crippen LogP contribution in [0.3, 0.4) is 0 Å². The zero-order chi connectivity index (χ0) is 14.1. The van der Waals surface area contributed by atoms with Crippen molar-refractivity contribution in [1.82, 2.24) is 4.90 Å². The van der Waals surface area contributed by atoms with Gasteiger partial charge in [-0.15, -0.1) is 0 Å². The summed E-state index contributed by atoms with van der Waals surface area (Å²) in [6, 6.07) is 7.62. The minimum atomic E-state index is -0.0126. The number of amides is 2. The summed E-state index contributed by atoms with van der Waals surface area (Å²) < 4.78 is 5.67. The van der Waals surface area contributed by atoms with Gasteiger partial charge in [-0.3, -0.25) is 14.5 Å². The summed E-state index contributed by atoms with van der Waals surface area (Å²) in [4.78, 5) is 24.9. The molecule has 3 rings (SSSR count). The van der Waals surface area contributed by atoms with Crippen LogP contribution < -0.4 is 10.5 Å². The molecule has 1 aromatic rings. The largest absolute Gasteiger partial charge is 0.493 e. The molecule has 2 N–H and O–H groups in total. The third-order valence-electron chi connectivity index (χ3n) is 3.93. The summed E-state index contributed by atoms with van der Waals surface area (Å²) in [5.41, 5.74) is 6.59. The lowest BCUT2D eigenvalue weighted by atomic mass is 10.2. The smallest absolute Gasteiger partial charge is 0.233 e. The molecule has 1 saturated carbocycles. The third-order valence-corrected chi connectivity index (χ3v) is 3.93. The summed E-state index contributed by atoms with van der Waals surface area (Å²) in [6.45, 7) is 1.36. The standard InChI is InChI=1S/C15H18N2O3/c16-9-10-4-1-2-5-13(10)20-7-3-6-17-14(18)11-8-12(11)15(17)19/h1-2,4-5,11-12H,3,6-9,16H2. The van der Waals surface area contributed by atoms with E-state index in [-0.39, 0.29) is 23.7 Å². The van der Waals surface area contributed by atoms with Crippen LogP contribution in [0.1, 0.15) is 18.4 Å². The lowest BCUT2D eigenvalue weighted by Gasteiger charge is -2.16. The van der Waals surface area contributed by atoms with E-state index in [1.807, 2.05) is 24.3 Å². The maximum Gasteiger partial charge on any atom is 0.233 e. The number of likely N-dealkylation sites (tertiary alicyclic amines) is 1. The van der Waals surface area contributed by atoms with Gasteiger partial charge in [0.25, 0.3) is 0 Å². The van der Waals surface area contributed by atoms with Gasteiger partial charge in [-0.1, -0.05) is 18.2 Å². The Morgan fingerprint density at radius 3 is 2.60 bits per heavy atom. The van der Waals surface area contributed by atoms with Gasteiger partial charge in [0.2, 0.25) is 11.8 Å². The topological polar surface area (TPSA) is 72.6 Å². The Kier molecular flexibility index (Phi) is 3.44. The van der Waals surface area contributed by atoms with Crippen molar-refractivity contribution >= 4 is 11.8 Å². The van der Waals surface area contributed by atoms with Crippen LogP contribution in [0.5, 0.6) is 5.75 Å². The molecule has 1 aromatic carbocycles. The van der Waals surface area contributed by atoms with Gasteiger partial charge in [-0.05, 0) is 18.9 Å². The van der Waals surface area contributed by atoms with E-state index in [1.54, 1.807) is 0 Å². The minimum absolute atomic E-state index is 0.00218. The fourth-order valence-electron chi connectivity index (χ4n) is 2.69. The average molecular weight is 274 g/mol. The predicted octanol–water partition coefficient (Wildman–Crippen LogP) is 0.919. The molecule has 2 amide bonds. The fourth-order valence-corrected chi connectivity index (χ4v) is 2.69. The van der Waals surface area contributed by atoms with Gasteiger partial charge in [0, 0.05) is 18.7 Å². The summed E-state index contributed by atoms with van der Waals surface area (Å²) in [5, 5.41) is 0. The molecular weight excluding hydrogens is 256 g/mol. The molecule has 5 nitrogen and oxygen atoms in total. The van der Waals surface area contributed by atoms with Crippen LogP contribution in [0, 0.1) is 11.8 Å². The predicted molar refractivity (Wildman–Crippen MR) is 72.8 cm³/mol. The average Bonchev–Trinajstić information content (AvgIpc) is 3.22. The highest BCUT2D eigenvalue weighted by molar-refractivity contribution is 6.08. The number of hydrogen-bond donors (Lipinski definition) is 1. The van der Waals surface area contributed by atoms with Crippen molar-refractivity contribution in [2.45, 2.75) is 19.4 Å². The van der Waals surface area contributed by atoms with E-state index >= 15 is 0 Å². The normalized spacial score (nSPS) is 23.9. The van der Waals surface area contributed by atoms with Gasteiger partial charge >= 0.3 is 0 Å². The Hall–Kier alpha value is -1.88. The van der Waals surface area contributed by atoms with Gasteiger partial charge in [0.05, 0.1) is 18.4 Å². The van der Waals surface area contributed by atoms with Crippen molar-refractivity contribution in [3.05, 3.63) is 29.8 Å². The molecule has 2 atom stereocenters. The van der Waals surface area contributed by atoms with Gasteiger partial charge in [-0.2, -0.15) is 0 Å². The highest BCUT2D eigenvalue weighted by Gasteiger charge is 2.58. The Morgan fingerprint density at radius 2 is 1.90 bits per heavy atom. The second-order valence-electron chi connectivity index (χ2n) is 5.29. The molecule has 5 heteroatoms. The first-order valence-electron chi connectivity index (χ1n) is 6.98. The Balaban J connectivity index is 1.47. The molecular formula is C15H18N2O3. The molecule has 0 aromatic heterocycles. The Bertz CT molecular complexity index is 524. The van der Waals surface area contributed by atoms with Crippen molar-refractivity contribution in [3.63, 3.8) is 0 Å². The molecule has 1 heterocycles. The molecule has 1 saturated heterocycles. The molecule has 1 aliphatic carbocycles. The number of nitrogens with zero attached hydrogens (tertiary/aromatic N) is 1. The first-order valence-corrected chi connectivity index (χ1v) is 6.98. The third kappa shape index (κ3) is 2.29. The molecule has 106 valence electrons. The van der Waals surface area contributed by atoms with Crippen molar-refractivity contribution < 1.29 is 14.3 Å². The number of imide groups is 1. The zero-order valence-electron chi connectivity index (χ0n) is 11.2. The summed E-state index contributed by atoms with van der Waals surface area (Å²) in [7, 11) is 0. The fraction of sp³-hybridized carbons (Fsp3) is 0.467. The molecule has 2 unspecified atom stereocenters. The first-order chi connectivity index (χ1) is 9.72. The van der Waals surface area contributed by atoms with E-state index in [1.165, 1.54) is 4.90 Å². The van der Waals surface area contributed by atoms with Crippen LogP contribution in [0.4, 0.5) is 0 Å². The summed E-state index contributed by atoms with van der Waals surface area (Å²) in [5.74, 6) is 0.754. The number of fused-ring (bicyclic) bond motifs is 1. The second kappa shape index (κ2) is 5.25. The molecule has 20 heavy (non-hydrogen) atoms. The highest BCUT2D eigenvalue weighted by atomic mass is 16.5. The quantitative estimate of drug-likeness (QED) is 0.618. The Labute approximate surface area is 117 Å². The van der Waals surface area contributed by atoms with Crippen LogP contribution in [-0.2, 0) is 16.1 Å². The molecule has 2 fully saturated rings. The summed E-state index contributed by atoms with van der Waals surface area (Å²) >= 11 is 0. The van der Waals surface area contributed by atoms with Crippen LogP contribution in [0.2, 0.25) is 0 Å². The van der Waals surface area contributed by atoms with Crippen molar-refractivity contribution in [3.8, 4) is 5.75 Å². The van der Waals surface area contributed by atoms with Crippen LogP contribution >= 0.6 is 0 Å². The molecule has 2 aliphatic rings. The number of rotatable bonds is 6. The number of hydrogen-bond acceptors (Lipinski definition) is 4. The monoisotopic (exact) mass is 274 g/mol. The van der Waals surface area contributed by atoms with Gasteiger partial charge in [0.15, 0.2) is 0 Å². The van der Waals surface area contributed by atoms with E-state index in [4.69, 9.17) is 10.5 Å². The zero-order valence-corrected chi connectivity index (χ0v) is 11.2. The van der Waals surface area contributed by atoms with Crippen LogP contribution in [-0.4, -0.2) is 29.9 Å². The molecule has 0 radical (unpaired) electrons.